The number of aryl methyl sites for hydroxylation is 2. The lowest BCUT2D eigenvalue weighted by Crippen LogP contribution is -2.49. The molecule has 0 unspecified atom stereocenters. The van der Waals surface area contributed by atoms with Gasteiger partial charge in [0, 0.05) is 45.1 Å². The molecule has 1 aliphatic rings. The number of nitrogens with zero attached hydrogens (tertiary/aromatic N) is 4. The molecule has 0 aromatic carbocycles. The molecule has 0 atom stereocenters. The largest absolute Gasteiger partial charge is 0.353 e. The van der Waals surface area contributed by atoms with Gasteiger partial charge in [0.1, 0.15) is 11.5 Å². The van der Waals surface area contributed by atoms with Crippen LogP contribution in [0.1, 0.15) is 23.0 Å². The van der Waals surface area contributed by atoms with Crippen LogP contribution in [0.25, 0.3) is 0 Å². The Hall–Kier alpha value is -2.30. The fourth-order valence-electron chi connectivity index (χ4n) is 2.83. The van der Waals surface area contributed by atoms with Gasteiger partial charge < -0.3 is 14.4 Å². The predicted molar refractivity (Wildman–Crippen MR) is 87.2 cm³/mol. The molecule has 5 nitrogen and oxygen atoms in total. The summed E-state index contributed by atoms with van der Waals surface area (Å²) >= 11 is 0. The summed E-state index contributed by atoms with van der Waals surface area (Å²) in [5, 5.41) is 0. The SMILES string of the molecule is CCn1cccc1C(=O)N1CCN(c2ccc(C)cn2)CC1. The monoisotopic (exact) mass is 298 g/mol. The van der Waals surface area contributed by atoms with E-state index in [1.165, 1.54) is 0 Å². The van der Waals surface area contributed by atoms with Crippen LogP contribution in [0.2, 0.25) is 0 Å². The van der Waals surface area contributed by atoms with Crippen molar-refractivity contribution in [3.8, 4) is 0 Å². The van der Waals surface area contributed by atoms with Gasteiger partial charge in [0.15, 0.2) is 0 Å². The van der Waals surface area contributed by atoms with E-state index in [9.17, 15) is 4.79 Å². The topological polar surface area (TPSA) is 41.4 Å². The molecule has 0 bridgehead atoms. The molecule has 1 amide bonds. The van der Waals surface area contributed by atoms with Crippen LogP contribution in [-0.4, -0.2) is 46.5 Å². The maximum atomic E-state index is 12.6. The first-order valence-electron chi connectivity index (χ1n) is 7.81. The highest BCUT2D eigenvalue weighted by atomic mass is 16.2. The quantitative estimate of drug-likeness (QED) is 0.872. The van der Waals surface area contributed by atoms with Crippen LogP contribution in [0.5, 0.6) is 0 Å². The van der Waals surface area contributed by atoms with Crippen molar-refractivity contribution in [3.05, 3.63) is 47.9 Å². The average Bonchev–Trinajstić information content (AvgIpc) is 3.04. The fourth-order valence-corrected chi connectivity index (χ4v) is 2.83. The number of aromatic nitrogens is 2. The van der Waals surface area contributed by atoms with Crippen LogP contribution in [0.3, 0.4) is 0 Å². The van der Waals surface area contributed by atoms with Crippen molar-refractivity contribution in [2.75, 3.05) is 31.1 Å². The third kappa shape index (κ3) is 2.84. The summed E-state index contributed by atoms with van der Waals surface area (Å²) in [5.41, 5.74) is 1.95. The van der Waals surface area contributed by atoms with Gasteiger partial charge in [-0.25, -0.2) is 4.98 Å². The molecular weight excluding hydrogens is 276 g/mol. The van der Waals surface area contributed by atoms with E-state index in [-0.39, 0.29) is 5.91 Å². The molecule has 116 valence electrons. The minimum Gasteiger partial charge on any atom is -0.353 e. The van der Waals surface area contributed by atoms with Crippen LogP contribution in [0.15, 0.2) is 36.7 Å². The fraction of sp³-hybridized carbons (Fsp3) is 0.412. The highest BCUT2D eigenvalue weighted by molar-refractivity contribution is 5.93. The number of hydrogen-bond donors (Lipinski definition) is 0. The van der Waals surface area contributed by atoms with E-state index in [1.54, 1.807) is 0 Å². The summed E-state index contributed by atoms with van der Waals surface area (Å²) in [5.74, 6) is 1.12. The molecular formula is C17H22N4O. The van der Waals surface area contributed by atoms with Crippen molar-refractivity contribution in [1.29, 1.82) is 0 Å². The molecule has 0 saturated carbocycles. The summed E-state index contributed by atoms with van der Waals surface area (Å²) in [6, 6.07) is 7.96. The highest BCUT2D eigenvalue weighted by Gasteiger charge is 2.24. The molecule has 5 heteroatoms. The standard InChI is InChI=1S/C17H22N4O/c1-3-19-8-4-5-15(19)17(22)21-11-9-20(10-12-21)16-7-6-14(2)13-18-16/h4-8,13H,3,9-12H2,1-2H3. The van der Waals surface area contributed by atoms with E-state index >= 15 is 0 Å². The van der Waals surface area contributed by atoms with Gasteiger partial charge in [-0.05, 0) is 37.6 Å². The summed E-state index contributed by atoms with van der Waals surface area (Å²) in [6.45, 7) is 8.05. The molecule has 1 fully saturated rings. The average molecular weight is 298 g/mol. The minimum atomic E-state index is 0.128. The molecule has 0 N–H and O–H groups in total. The Morgan fingerprint density at radius 1 is 1.18 bits per heavy atom. The second-order valence-corrected chi connectivity index (χ2v) is 5.65. The first kappa shape index (κ1) is 14.6. The van der Waals surface area contributed by atoms with Gasteiger partial charge >= 0.3 is 0 Å². The molecule has 3 rings (SSSR count). The van der Waals surface area contributed by atoms with E-state index in [1.807, 2.05) is 40.9 Å². The lowest BCUT2D eigenvalue weighted by atomic mass is 10.2. The second-order valence-electron chi connectivity index (χ2n) is 5.65. The molecule has 2 aromatic heterocycles. The maximum Gasteiger partial charge on any atom is 0.270 e. The Morgan fingerprint density at radius 3 is 2.59 bits per heavy atom. The molecule has 22 heavy (non-hydrogen) atoms. The smallest absolute Gasteiger partial charge is 0.270 e. The van der Waals surface area contributed by atoms with Crippen molar-refractivity contribution in [2.45, 2.75) is 20.4 Å². The number of anilines is 1. The molecule has 0 spiro atoms. The van der Waals surface area contributed by atoms with Crippen LogP contribution >= 0.6 is 0 Å². The van der Waals surface area contributed by atoms with Crippen LogP contribution in [0.4, 0.5) is 5.82 Å². The number of pyridine rings is 1. The normalized spacial score (nSPS) is 15.2. The number of carbonyl (C=O) groups is 1. The van der Waals surface area contributed by atoms with Crippen LogP contribution in [0, 0.1) is 6.92 Å². The van der Waals surface area contributed by atoms with Gasteiger partial charge in [0.05, 0.1) is 0 Å². The maximum absolute atomic E-state index is 12.6. The summed E-state index contributed by atoms with van der Waals surface area (Å²) in [7, 11) is 0. The van der Waals surface area contributed by atoms with Gasteiger partial charge in [-0.2, -0.15) is 0 Å². The molecule has 1 aliphatic heterocycles. The molecule has 2 aromatic rings. The number of rotatable bonds is 3. The van der Waals surface area contributed by atoms with E-state index in [0.29, 0.717) is 0 Å². The number of piperazine rings is 1. The van der Waals surface area contributed by atoms with Gasteiger partial charge in [0.2, 0.25) is 0 Å². The Labute approximate surface area is 131 Å². The zero-order valence-electron chi connectivity index (χ0n) is 13.2. The van der Waals surface area contributed by atoms with Crippen LogP contribution < -0.4 is 4.90 Å². The van der Waals surface area contributed by atoms with E-state index in [4.69, 9.17) is 0 Å². The van der Waals surface area contributed by atoms with Gasteiger partial charge in [-0.3, -0.25) is 4.79 Å². The Balaban J connectivity index is 1.64. The first-order chi connectivity index (χ1) is 10.7. The van der Waals surface area contributed by atoms with Crippen molar-refractivity contribution < 1.29 is 4.79 Å². The van der Waals surface area contributed by atoms with E-state index in [0.717, 1.165) is 49.8 Å². The minimum absolute atomic E-state index is 0.128. The zero-order valence-corrected chi connectivity index (χ0v) is 13.2. The third-order valence-corrected chi connectivity index (χ3v) is 4.18. The lowest BCUT2D eigenvalue weighted by molar-refractivity contribution is 0.0736. The first-order valence-corrected chi connectivity index (χ1v) is 7.81. The van der Waals surface area contributed by atoms with Crippen molar-refractivity contribution >= 4 is 11.7 Å². The van der Waals surface area contributed by atoms with Crippen molar-refractivity contribution in [2.24, 2.45) is 0 Å². The Morgan fingerprint density at radius 2 is 1.95 bits per heavy atom. The molecule has 3 heterocycles. The number of carbonyl (C=O) groups excluding carboxylic acids is 1. The third-order valence-electron chi connectivity index (χ3n) is 4.18. The van der Waals surface area contributed by atoms with E-state index in [2.05, 4.69) is 28.9 Å². The molecule has 1 saturated heterocycles. The number of hydrogen-bond acceptors (Lipinski definition) is 3. The van der Waals surface area contributed by atoms with Gasteiger partial charge in [-0.1, -0.05) is 6.07 Å². The highest BCUT2D eigenvalue weighted by Crippen LogP contribution is 2.15. The molecule has 0 radical (unpaired) electrons. The van der Waals surface area contributed by atoms with Gasteiger partial charge in [0.25, 0.3) is 5.91 Å². The van der Waals surface area contributed by atoms with E-state index < -0.39 is 0 Å². The van der Waals surface area contributed by atoms with Crippen molar-refractivity contribution in [1.82, 2.24) is 14.5 Å². The second kappa shape index (κ2) is 6.22. The summed E-state index contributed by atoms with van der Waals surface area (Å²) in [6.07, 6.45) is 3.85. The molecule has 0 aliphatic carbocycles. The van der Waals surface area contributed by atoms with Gasteiger partial charge in [-0.15, -0.1) is 0 Å². The Kier molecular flexibility index (Phi) is 4.13. The summed E-state index contributed by atoms with van der Waals surface area (Å²) < 4.78 is 2.00. The Bertz CT molecular complexity index is 639. The van der Waals surface area contributed by atoms with Crippen molar-refractivity contribution in [3.63, 3.8) is 0 Å². The van der Waals surface area contributed by atoms with Crippen LogP contribution in [-0.2, 0) is 6.54 Å². The summed E-state index contributed by atoms with van der Waals surface area (Å²) in [4.78, 5) is 21.2. The number of amides is 1. The zero-order chi connectivity index (χ0) is 15.5. The predicted octanol–water partition coefficient (Wildman–Crippen LogP) is 2.17. The lowest BCUT2D eigenvalue weighted by Gasteiger charge is -2.35.